The van der Waals surface area contributed by atoms with Crippen LogP contribution in [-0.2, 0) is 16.6 Å². The van der Waals surface area contributed by atoms with Gasteiger partial charge < -0.3 is 9.73 Å². The summed E-state index contributed by atoms with van der Waals surface area (Å²) in [5, 5.41) is 3.37. The predicted molar refractivity (Wildman–Crippen MR) is 74.3 cm³/mol. The van der Waals surface area contributed by atoms with Gasteiger partial charge in [-0.1, -0.05) is 0 Å². The molecule has 0 atom stereocenters. The van der Waals surface area contributed by atoms with Gasteiger partial charge in [0.2, 0.25) is 10.0 Å². The van der Waals surface area contributed by atoms with Crippen LogP contribution in [0.4, 0.5) is 0 Å². The van der Waals surface area contributed by atoms with Crippen LogP contribution in [0.15, 0.2) is 16.5 Å². The van der Waals surface area contributed by atoms with Crippen molar-refractivity contribution >= 4 is 10.0 Å². The van der Waals surface area contributed by atoms with Gasteiger partial charge in [0.15, 0.2) is 0 Å². The number of aryl methyl sites for hydroxylation is 1. The Balaban J connectivity index is 1.60. The van der Waals surface area contributed by atoms with Crippen molar-refractivity contribution in [3.05, 3.63) is 23.7 Å². The van der Waals surface area contributed by atoms with Crippen LogP contribution in [0.1, 0.15) is 37.2 Å². The molecule has 108 valence electrons. The van der Waals surface area contributed by atoms with Crippen LogP contribution in [0.25, 0.3) is 0 Å². The lowest BCUT2D eigenvalue weighted by Crippen LogP contribution is -2.26. The molecule has 0 amide bonds. The molecule has 1 aromatic heterocycles. The van der Waals surface area contributed by atoms with Gasteiger partial charge in [-0.15, -0.1) is 0 Å². The van der Waals surface area contributed by atoms with Crippen molar-refractivity contribution in [1.82, 2.24) is 10.0 Å². The number of rotatable bonds is 9. The third kappa shape index (κ3) is 5.76. The van der Waals surface area contributed by atoms with Crippen LogP contribution in [0, 0.1) is 6.92 Å². The number of sulfonamides is 1. The highest BCUT2D eigenvalue weighted by molar-refractivity contribution is 7.89. The second kappa shape index (κ2) is 6.54. The van der Waals surface area contributed by atoms with Crippen LogP contribution in [-0.4, -0.2) is 26.8 Å². The molecule has 6 heteroatoms. The van der Waals surface area contributed by atoms with E-state index in [9.17, 15) is 8.42 Å². The third-order valence-corrected chi connectivity index (χ3v) is 4.52. The molecule has 1 aliphatic carbocycles. The molecule has 0 unspecified atom stereocenters. The molecule has 0 saturated heterocycles. The second-order valence-electron chi connectivity index (χ2n) is 5.09. The fraction of sp³-hybridized carbons (Fsp3) is 0.692. The number of hydrogen-bond acceptors (Lipinski definition) is 4. The lowest BCUT2D eigenvalue weighted by Gasteiger charge is -2.06. The van der Waals surface area contributed by atoms with Crippen molar-refractivity contribution in [2.75, 3.05) is 12.3 Å². The zero-order valence-corrected chi connectivity index (χ0v) is 12.1. The Hall–Kier alpha value is -0.850. The predicted octanol–water partition coefficient (Wildman–Crippen LogP) is 1.54. The monoisotopic (exact) mass is 286 g/mol. The molecule has 2 rings (SSSR count). The first-order valence-corrected chi connectivity index (χ1v) is 8.46. The molecule has 2 N–H and O–H groups in total. The summed E-state index contributed by atoms with van der Waals surface area (Å²) >= 11 is 0. The molecule has 0 bridgehead atoms. The number of hydrogen-bond donors (Lipinski definition) is 2. The van der Waals surface area contributed by atoms with Crippen molar-refractivity contribution in [1.29, 1.82) is 0 Å². The SMILES string of the molecule is Cc1ccc(CNS(=O)(=O)CCCCNC2CC2)o1. The van der Waals surface area contributed by atoms with E-state index in [1.807, 2.05) is 13.0 Å². The summed E-state index contributed by atoms with van der Waals surface area (Å²) in [7, 11) is -3.19. The molecule has 0 spiro atoms. The molecule has 1 aliphatic rings. The van der Waals surface area contributed by atoms with E-state index in [0.29, 0.717) is 18.2 Å². The molecule has 19 heavy (non-hydrogen) atoms. The first kappa shape index (κ1) is 14.6. The Morgan fingerprint density at radius 1 is 1.32 bits per heavy atom. The Labute approximate surface area is 114 Å². The summed E-state index contributed by atoms with van der Waals surface area (Å²) in [5.41, 5.74) is 0. The highest BCUT2D eigenvalue weighted by atomic mass is 32.2. The molecule has 0 aliphatic heterocycles. The first-order chi connectivity index (χ1) is 9.05. The van der Waals surface area contributed by atoms with Crippen LogP contribution in [0.2, 0.25) is 0 Å². The van der Waals surface area contributed by atoms with E-state index in [1.165, 1.54) is 12.8 Å². The van der Waals surface area contributed by atoms with E-state index in [-0.39, 0.29) is 12.3 Å². The minimum Gasteiger partial charge on any atom is -0.465 e. The minimum atomic E-state index is -3.19. The molecule has 1 aromatic rings. The summed E-state index contributed by atoms with van der Waals surface area (Å²) in [6, 6.07) is 4.31. The van der Waals surface area contributed by atoms with Crippen LogP contribution >= 0.6 is 0 Å². The van der Waals surface area contributed by atoms with Gasteiger partial charge in [0.25, 0.3) is 0 Å². The fourth-order valence-corrected chi connectivity index (χ4v) is 2.93. The zero-order valence-electron chi connectivity index (χ0n) is 11.3. The molecular weight excluding hydrogens is 264 g/mol. The van der Waals surface area contributed by atoms with Gasteiger partial charge in [0, 0.05) is 6.04 Å². The first-order valence-electron chi connectivity index (χ1n) is 6.81. The quantitative estimate of drug-likeness (QED) is 0.676. The van der Waals surface area contributed by atoms with Crippen molar-refractivity contribution in [2.45, 2.75) is 45.2 Å². The molecule has 1 heterocycles. The molecule has 1 fully saturated rings. The molecule has 0 radical (unpaired) electrons. The summed E-state index contributed by atoms with van der Waals surface area (Å²) in [5.74, 6) is 1.62. The van der Waals surface area contributed by atoms with Gasteiger partial charge in [-0.05, 0) is 51.3 Å². The maximum Gasteiger partial charge on any atom is 0.212 e. The average Bonchev–Trinajstić information content (AvgIpc) is 3.08. The Morgan fingerprint density at radius 2 is 2.11 bits per heavy atom. The van der Waals surface area contributed by atoms with Crippen molar-refractivity contribution < 1.29 is 12.8 Å². The van der Waals surface area contributed by atoms with E-state index in [0.717, 1.165) is 18.7 Å². The Kier molecular flexibility index (Phi) is 5.01. The maximum atomic E-state index is 11.7. The third-order valence-electron chi connectivity index (χ3n) is 3.11. The number of unbranched alkanes of at least 4 members (excludes halogenated alkanes) is 1. The number of nitrogens with one attached hydrogen (secondary N) is 2. The van der Waals surface area contributed by atoms with Gasteiger partial charge >= 0.3 is 0 Å². The van der Waals surface area contributed by atoms with Crippen molar-refractivity contribution in [3.63, 3.8) is 0 Å². The van der Waals surface area contributed by atoms with E-state index >= 15 is 0 Å². The molecular formula is C13H22N2O3S. The van der Waals surface area contributed by atoms with Crippen molar-refractivity contribution in [3.8, 4) is 0 Å². The largest absolute Gasteiger partial charge is 0.465 e. The van der Waals surface area contributed by atoms with E-state index in [4.69, 9.17) is 4.42 Å². The Morgan fingerprint density at radius 3 is 2.74 bits per heavy atom. The molecule has 1 saturated carbocycles. The minimum absolute atomic E-state index is 0.180. The highest BCUT2D eigenvalue weighted by Crippen LogP contribution is 2.18. The van der Waals surface area contributed by atoms with Gasteiger partial charge in [0.05, 0.1) is 12.3 Å². The van der Waals surface area contributed by atoms with Crippen LogP contribution in [0.3, 0.4) is 0 Å². The van der Waals surface area contributed by atoms with Gasteiger partial charge in [-0.2, -0.15) is 0 Å². The number of furan rings is 1. The highest BCUT2D eigenvalue weighted by Gasteiger charge is 2.19. The van der Waals surface area contributed by atoms with Crippen molar-refractivity contribution in [2.24, 2.45) is 0 Å². The van der Waals surface area contributed by atoms with Gasteiger partial charge in [0.1, 0.15) is 11.5 Å². The smallest absolute Gasteiger partial charge is 0.212 e. The Bertz CT molecular complexity index is 492. The molecule has 5 nitrogen and oxygen atoms in total. The summed E-state index contributed by atoms with van der Waals surface area (Å²) in [4.78, 5) is 0. The summed E-state index contributed by atoms with van der Waals surface area (Å²) in [6.45, 7) is 2.99. The molecule has 0 aromatic carbocycles. The van der Waals surface area contributed by atoms with E-state index in [2.05, 4.69) is 10.0 Å². The standard InChI is InChI=1S/C13H22N2O3S/c1-11-4-7-13(18-11)10-15-19(16,17)9-3-2-8-14-12-5-6-12/h4,7,12,14-15H,2-3,5-6,8-10H2,1H3. The lowest BCUT2D eigenvalue weighted by atomic mass is 10.3. The summed E-state index contributed by atoms with van der Waals surface area (Å²) in [6.07, 6.45) is 4.12. The average molecular weight is 286 g/mol. The van der Waals surface area contributed by atoms with Gasteiger partial charge in [-0.25, -0.2) is 13.1 Å². The van der Waals surface area contributed by atoms with Gasteiger partial charge in [-0.3, -0.25) is 0 Å². The topological polar surface area (TPSA) is 71.3 Å². The van der Waals surface area contributed by atoms with Crippen LogP contribution in [0.5, 0.6) is 0 Å². The normalized spacial score (nSPS) is 15.8. The van der Waals surface area contributed by atoms with E-state index < -0.39 is 10.0 Å². The zero-order chi connectivity index (χ0) is 13.7. The maximum absolute atomic E-state index is 11.7. The van der Waals surface area contributed by atoms with E-state index in [1.54, 1.807) is 6.07 Å². The summed E-state index contributed by atoms with van der Waals surface area (Å²) < 4.78 is 31.4. The lowest BCUT2D eigenvalue weighted by molar-refractivity contribution is 0.475. The van der Waals surface area contributed by atoms with Crippen LogP contribution < -0.4 is 10.0 Å². The second-order valence-corrected chi connectivity index (χ2v) is 7.01. The fourth-order valence-electron chi connectivity index (χ4n) is 1.84.